The van der Waals surface area contributed by atoms with Crippen molar-refractivity contribution in [2.45, 2.75) is 52.7 Å². The number of aryl methyl sites for hydroxylation is 4. The summed E-state index contributed by atoms with van der Waals surface area (Å²) in [5, 5.41) is 6.73. The molecule has 7 heteroatoms. The minimum absolute atomic E-state index is 0.193. The minimum Gasteiger partial charge on any atom is -0.371 e. The van der Waals surface area contributed by atoms with E-state index >= 15 is 0 Å². The summed E-state index contributed by atoms with van der Waals surface area (Å²) in [5.41, 5.74) is 3.65. The van der Waals surface area contributed by atoms with Gasteiger partial charge in [0, 0.05) is 25.5 Å². The van der Waals surface area contributed by atoms with E-state index in [-0.39, 0.29) is 12.2 Å². The van der Waals surface area contributed by atoms with Crippen LogP contribution in [-0.4, -0.2) is 45.2 Å². The van der Waals surface area contributed by atoms with Crippen molar-refractivity contribution in [3.05, 3.63) is 35.2 Å². The Morgan fingerprint density at radius 3 is 1.72 bits per heavy atom. The Morgan fingerprint density at radius 2 is 1.28 bits per heavy atom. The van der Waals surface area contributed by atoms with Gasteiger partial charge in [-0.15, -0.1) is 0 Å². The lowest BCUT2D eigenvalue weighted by Crippen LogP contribution is -2.25. The molecular weight excluding hydrogens is 316 g/mol. The number of nitrogens with one attached hydrogen (secondary N) is 2. The summed E-state index contributed by atoms with van der Waals surface area (Å²) in [6.07, 6.45) is 6.03. The fraction of sp³-hybridized carbons (Fsp3) is 0.556. The maximum Gasteiger partial charge on any atom is 0.147 e. The molecule has 2 aromatic rings. The molecule has 25 heavy (non-hydrogen) atoms. The maximum atomic E-state index is 6.12. The molecule has 134 valence electrons. The highest BCUT2D eigenvalue weighted by Crippen LogP contribution is 2.21. The van der Waals surface area contributed by atoms with E-state index in [1.165, 1.54) is 0 Å². The third-order valence-electron chi connectivity index (χ3n) is 4.34. The fourth-order valence-corrected chi connectivity index (χ4v) is 2.91. The molecular formula is C18H26N6O. The topological polar surface area (TPSA) is 84.9 Å². The Kier molecular flexibility index (Phi) is 5.43. The van der Waals surface area contributed by atoms with Crippen LogP contribution < -0.4 is 10.6 Å². The van der Waals surface area contributed by atoms with E-state index in [2.05, 4.69) is 30.6 Å². The van der Waals surface area contributed by atoms with Crippen LogP contribution in [0.15, 0.2) is 12.4 Å². The lowest BCUT2D eigenvalue weighted by atomic mass is 10.2. The first-order valence-electron chi connectivity index (χ1n) is 8.75. The van der Waals surface area contributed by atoms with Crippen LogP contribution in [0.1, 0.15) is 35.6 Å². The van der Waals surface area contributed by atoms with Gasteiger partial charge >= 0.3 is 0 Å². The average Bonchev–Trinajstić information content (AvgIpc) is 3.04. The molecule has 0 amide bonds. The van der Waals surface area contributed by atoms with Gasteiger partial charge in [0.25, 0.3) is 0 Å². The van der Waals surface area contributed by atoms with Crippen molar-refractivity contribution in [3.8, 4) is 0 Å². The van der Waals surface area contributed by atoms with E-state index in [1.807, 2.05) is 27.7 Å². The van der Waals surface area contributed by atoms with Crippen molar-refractivity contribution in [2.75, 3.05) is 23.7 Å². The molecule has 2 aromatic heterocycles. The van der Waals surface area contributed by atoms with Crippen LogP contribution in [-0.2, 0) is 4.74 Å². The first kappa shape index (κ1) is 17.5. The summed E-state index contributed by atoms with van der Waals surface area (Å²) in [7, 11) is 0. The number of hydrogen-bond donors (Lipinski definition) is 2. The molecule has 0 radical (unpaired) electrons. The highest BCUT2D eigenvalue weighted by Gasteiger charge is 2.25. The van der Waals surface area contributed by atoms with Gasteiger partial charge in [-0.3, -0.25) is 9.97 Å². The maximum absolute atomic E-state index is 6.12. The van der Waals surface area contributed by atoms with Crippen molar-refractivity contribution in [1.82, 2.24) is 19.9 Å². The van der Waals surface area contributed by atoms with E-state index in [1.54, 1.807) is 12.4 Å². The Morgan fingerprint density at radius 1 is 0.840 bits per heavy atom. The highest BCUT2D eigenvalue weighted by atomic mass is 16.5. The zero-order valence-electron chi connectivity index (χ0n) is 15.3. The van der Waals surface area contributed by atoms with Crippen molar-refractivity contribution in [1.29, 1.82) is 0 Å². The molecule has 0 aromatic carbocycles. The van der Waals surface area contributed by atoms with E-state index in [4.69, 9.17) is 4.74 Å². The van der Waals surface area contributed by atoms with Gasteiger partial charge < -0.3 is 15.4 Å². The molecule has 2 N–H and O–H groups in total. The minimum atomic E-state index is 0.193. The smallest absolute Gasteiger partial charge is 0.147 e. The van der Waals surface area contributed by atoms with Crippen molar-refractivity contribution >= 4 is 11.6 Å². The molecule has 0 saturated carbocycles. The second kappa shape index (κ2) is 7.74. The first-order chi connectivity index (χ1) is 12.0. The summed E-state index contributed by atoms with van der Waals surface area (Å²) < 4.78 is 6.12. The van der Waals surface area contributed by atoms with Gasteiger partial charge in [0.05, 0.1) is 35.0 Å². The van der Waals surface area contributed by atoms with Gasteiger partial charge in [0.15, 0.2) is 0 Å². The van der Waals surface area contributed by atoms with Crippen molar-refractivity contribution < 1.29 is 4.74 Å². The Labute approximate surface area is 148 Å². The predicted molar refractivity (Wildman–Crippen MR) is 97.9 cm³/mol. The highest BCUT2D eigenvalue weighted by molar-refractivity contribution is 5.40. The van der Waals surface area contributed by atoms with Crippen LogP contribution in [0.5, 0.6) is 0 Å². The molecule has 3 rings (SSSR count). The molecule has 0 aliphatic carbocycles. The Balaban J connectivity index is 1.47. The molecule has 1 aliphatic rings. The predicted octanol–water partition coefficient (Wildman–Crippen LogP) is 2.57. The molecule has 7 nitrogen and oxygen atoms in total. The van der Waals surface area contributed by atoms with Gasteiger partial charge in [-0.25, -0.2) is 9.97 Å². The molecule has 3 heterocycles. The Bertz CT molecular complexity index is 674. The van der Waals surface area contributed by atoms with Crippen molar-refractivity contribution in [2.24, 2.45) is 0 Å². The van der Waals surface area contributed by atoms with Gasteiger partial charge in [0.2, 0.25) is 0 Å². The van der Waals surface area contributed by atoms with E-state index < -0.39 is 0 Å². The van der Waals surface area contributed by atoms with Crippen LogP contribution in [0, 0.1) is 27.7 Å². The van der Waals surface area contributed by atoms with Gasteiger partial charge in [-0.1, -0.05) is 0 Å². The van der Waals surface area contributed by atoms with E-state index in [9.17, 15) is 0 Å². The van der Waals surface area contributed by atoms with Crippen molar-refractivity contribution in [3.63, 3.8) is 0 Å². The quantitative estimate of drug-likeness (QED) is 0.834. The van der Waals surface area contributed by atoms with Crippen LogP contribution >= 0.6 is 0 Å². The zero-order valence-corrected chi connectivity index (χ0v) is 15.3. The van der Waals surface area contributed by atoms with Crippen LogP contribution in [0.2, 0.25) is 0 Å². The van der Waals surface area contributed by atoms with Crippen LogP contribution in [0.3, 0.4) is 0 Å². The van der Waals surface area contributed by atoms with E-state index in [0.717, 1.165) is 60.3 Å². The molecule has 1 aliphatic heterocycles. The van der Waals surface area contributed by atoms with Gasteiger partial charge in [-0.2, -0.15) is 0 Å². The second-order valence-corrected chi connectivity index (χ2v) is 6.61. The summed E-state index contributed by atoms with van der Waals surface area (Å²) >= 11 is 0. The van der Waals surface area contributed by atoms with Crippen LogP contribution in [0.4, 0.5) is 11.6 Å². The lowest BCUT2D eigenvalue weighted by Gasteiger charge is -2.16. The first-order valence-corrected chi connectivity index (χ1v) is 8.75. The number of ether oxygens (including phenoxy) is 1. The summed E-state index contributed by atoms with van der Waals surface area (Å²) in [4.78, 5) is 17.6. The monoisotopic (exact) mass is 342 g/mol. The zero-order chi connectivity index (χ0) is 17.8. The Hall–Kier alpha value is -2.28. The number of nitrogens with zero attached hydrogens (tertiary/aromatic N) is 4. The molecule has 1 fully saturated rings. The number of rotatable bonds is 6. The number of aromatic nitrogens is 4. The second-order valence-electron chi connectivity index (χ2n) is 6.61. The number of anilines is 2. The average molecular weight is 342 g/mol. The summed E-state index contributed by atoms with van der Waals surface area (Å²) in [6, 6.07) is 0. The third kappa shape index (κ3) is 4.63. The fourth-order valence-electron chi connectivity index (χ4n) is 2.91. The largest absolute Gasteiger partial charge is 0.371 e. The standard InChI is InChI=1S/C18H26N6O/c1-11-7-19-13(3)17(23-11)21-9-15-5-6-16(25-15)10-22-18-14(4)20-8-12(2)24-18/h7-8,15-16H,5-6,9-10H2,1-4H3,(H,21,23)(H,22,24). The third-order valence-corrected chi connectivity index (χ3v) is 4.34. The normalized spacial score (nSPS) is 19.8. The SMILES string of the molecule is Cc1cnc(C)c(NCC2CCC(CNc3nc(C)cnc3C)O2)n1. The molecule has 2 unspecified atom stereocenters. The summed E-state index contributed by atoms with van der Waals surface area (Å²) in [6.45, 7) is 9.31. The molecule has 0 spiro atoms. The van der Waals surface area contributed by atoms with Crippen LogP contribution in [0.25, 0.3) is 0 Å². The molecule has 1 saturated heterocycles. The molecule has 2 atom stereocenters. The van der Waals surface area contributed by atoms with Gasteiger partial charge in [-0.05, 0) is 40.5 Å². The summed E-state index contributed by atoms with van der Waals surface area (Å²) in [5.74, 6) is 1.69. The lowest BCUT2D eigenvalue weighted by molar-refractivity contribution is 0.0601. The molecule has 0 bridgehead atoms. The number of hydrogen-bond acceptors (Lipinski definition) is 7. The van der Waals surface area contributed by atoms with Gasteiger partial charge in [0.1, 0.15) is 11.6 Å². The van der Waals surface area contributed by atoms with E-state index in [0.29, 0.717) is 0 Å².